The number of ether oxygens (including phenoxy) is 2. The van der Waals surface area contributed by atoms with E-state index in [1.54, 1.807) is 6.07 Å². The Labute approximate surface area is 100 Å². The summed E-state index contributed by atoms with van der Waals surface area (Å²) in [5, 5.41) is 8.94. The molecule has 0 unspecified atom stereocenters. The van der Waals surface area contributed by atoms with Gasteiger partial charge in [0.25, 0.3) is 0 Å². The molecule has 0 fully saturated rings. The molecule has 0 spiro atoms. The van der Waals surface area contributed by atoms with Crippen LogP contribution in [0.4, 0.5) is 13.2 Å². The number of hydrogen-bond acceptors (Lipinski definition) is 3. The summed E-state index contributed by atoms with van der Waals surface area (Å²) in [7, 11) is 0. The Morgan fingerprint density at radius 1 is 1.29 bits per heavy atom. The van der Waals surface area contributed by atoms with E-state index in [1.165, 1.54) is 18.2 Å². The van der Waals surface area contributed by atoms with Crippen molar-refractivity contribution in [3.8, 4) is 11.8 Å². The van der Waals surface area contributed by atoms with Gasteiger partial charge in [0.1, 0.15) is 24.0 Å². The van der Waals surface area contributed by atoms with Crippen LogP contribution in [0.5, 0.6) is 5.75 Å². The fraction of sp³-hybridized carbons (Fsp3) is 0.300. The van der Waals surface area contributed by atoms with E-state index in [4.69, 9.17) is 21.6 Å². The minimum absolute atomic E-state index is 0.0844. The molecule has 0 bridgehead atoms. The van der Waals surface area contributed by atoms with Crippen molar-refractivity contribution < 1.29 is 22.6 Å². The van der Waals surface area contributed by atoms with Gasteiger partial charge in [-0.25, -0.2) is 0 Å². The van der Waals surface area contributed by atoms with Crippen LogP contribution in [0.2, 0.25) is 5.02 Å². The molecule has 1 aromatic rings. The number of hydrogen-bond donors (Lipinski definition) is 0. The van der Waals surface area contributed by atoms with Crippen LogP contribution in [-0.4, -0.2) is 19.6 Å². The number of halogens is 4. The molecule has 0 aliphatic carbocycles. The van der Waals surface area contributed by atoms with Gasteiger partial charge in [0, 0.05) is 0 Å². The van der Waals surface area contributed by atoms with Gasteiger partial charge in [-0.05, 0) is 12.1 Å². The summed E-state index contributed by atoms with van der Waals surface area (Å²) in [4.78, 5) is 0. The quantitative estimate of drug-likeness (QED) is 0.786. The molecular formula is C10H7ClF3NO2. The average Bonchev–Trinajstić information content (AvgIpc) is 2.23. The summed E-state index contributed by atoms with van der Waals surface area (Å²) in [6.45, 7) is -0.977. The fourth-order valence-electron chi connectivity index (χ4n) is 1.04. The molecule has 1 rings (SSSR count). The topological polar surface area (TPSA) is 42.2 Å². The third kappa shape index (κ3) is 4.51. The number of rotatable bonds is 4. The zero-order valence-electron chi connectivity index (χ0n) is 8.42. The van der Waals surface area contributed by atoms with Crippen molar-refractivity contribution >= 4 is 11.6 Å². The summed E-state index contributed by atoms with van der Waals surface area (Å²) in [6, 6.07) is 6.26. The Balaban J connectivity index is 2.53. The highest BCUT2D eigenvalue weighted by atomic mass is 35.5. The molecule has 0 atom stereocenters. The number of nitrogens with zero attached hydrogens (tertiary/aromatic N) is 1. The molecule has 92 valence electrons. The summed E-state index contributed by atoms with van der Waals surface area (Å²) < 4.78 is 43.4. The molecule has 1 aromatic carbocycles. The molecule has 3 nitrogen and oxygen atoms in total. The summed E-state index contributed by atoms with van der Waals surface area (Å²) in [5.74, 6) is 0.130. The number of benzene rings is 1. The Morgan fingerprint density at radius 2 is 2.00 bits per heavy atom. The second kappa shape index (κ2) is 5.75. The normalized spacial score (nSPS) is 11.0. The molecule has 0 heterocycles. The van der Waals surface area contributed by atoms with E-state index in [0.717, 1.165) is 0 Å². The Kier molecular flexibility index (Phi) is 4.61. The van der Waals surface area contributed by atoms with Crippen molar-refractivity contribution in [2.45, 2.75) is 6.36 Å². The molecular weight excluding hydrogens is 259 g/mol. The van der Waals surface area contributed by atoms with Gasteiger partial charge in [0.15, 0.2) is 0 Å². The van der Waals surface area contributed by atoms with Crippen LogP contribution in [0.3, 0.4) is 0 Å². The molecule has 0 amide bonds. The van der Waals surface area contributed by atoms with Gasteiger partial charge < -0.3 is 4.74 Å². The molecule has 17 heavy (non-hydrogen) atoms. The van der Waals surface area contributed by atoms with Crippen LogP contribution in [-0.2, 0) is 4.74 Å². The maximum atomic E-state index is 11.6. The van der Waals surface area contributed by atoms with Crippen LogP contribution in [0.15, 0.2) is 18.2 Å². The maximum Gasteiger partial charge on any atom is 0.522 e. The molecule has 0 saturated carbocycles. The van der Waals surface area contributed by atoms with E-state index in [0.29, 0.717) is 0 Å². The molecule has 0 saturated heterocycles. The highest BCUT2D eigenvalue weighted by molar-refractivity contribution is 6.31. The van der Waals surface area contributed by atoms with Gasteiger partial charge in [-0.15, -0.1) is 13.2 Å². The van der Waals surface area contributed by atoms with Gasteiger partial charge >= 0.3 is 6.36 Å². The van der Waals surface area contributed by atoms with E-state index in [9.17, 15) is 13.2 Å². The first-order valence-corrected chi connectivity index (χ1v) is 4.84. The third-order valence-corrected chi connectivity index (χ3v) is 2.01. The number of nitriles is 1. The lowest BCUT2D eigenvalue weighted by molar-refractivity contribution is -0.325. The molecule has 7 heteroatoms. The molecule has 0 N–H and O–H groups in total. The monoisotopic (exact) mass is 265 g/mol. The lowest BCUT2D eigenvalue weighted by Crippen LogP contribution is -2.18. The predicted molar refractivity (Wildman–Crippen MR) is 53.7 cm³/mol. The Hall–Kier alpha value is -1.45. The van der Waals surface area contributed by atoms with Crippen LogP contribution in [0.1, 0.15) is 5.56 Å². The van der Waals surface area contributed by atoms with E-state index in [1.807, 2.05) is 0 Å². The van der Waals surface area contributed by atoms with Gasteiger partial charge in [0.05, 0.1) is 11.6 Å². The van der Waals surface area contributed by atoms with Crippen molar-refractivity contribution in [1.29, 1.82) is 5.26 Å². The van der Waals surface area contributed by atoms with Gasteiger partial charge in [-0.3, -0.25) is 4.74 Å². The SMILES string of the molecule is N#Cc1c(Cl)cccc1OCCOC(F)(F)F. The van der Waals surface area contributed by atoms with Crippen LogP contribution in [0, 0.1) is 11.3 Å². The van der Waals surface area contributed by atoms with E-state index in [2.05, 4.69) is 4.74 Å². The number of alkyl halides is 3. The maximum absolute atomic E-state index is 11.6. The highest BCUT2D eigenvalue weighted by Crippen LogP contribution is 2.25. The Morgan fingerprint density at radius 3 is 2.59 bits per heavy atom. The van der Waals surface area contributed by atoms with Crippen molar-refractivity contribution in [2.24, 2.45) is 0 Å². The van der Waals surface area contributed by atoms with E-state index in [-0.39, 0.29) is 22.9 Å². The van der Waals surface area contributed by atoms with Gasteiger partial charge in [-0.2, -0.15) is 5.26 Å². The summed E-state index contributed by atoms with van der Waals surface area (Å²) in [6.07, 6.45) is -4.68. The average molecular weight is 266 g/mol. The minimum Gasteiger partial charge on any atom is -0.490 e. The van der Waals surface area contributed by atoms with Crippen LogP contribution >= 0.6 is 11.6 Å². The first-order valence-electron chi connectivity index (χ1n) is 4.46. The van der Waals surface area contributed by atoms with E-state index < -0.39 is 13.0 Å². The lowest BCUT2D eigenvalue weighted by atomic mass is 10.2. The van der Waals surface area contributed by atoms with Crippen LogP contribution < -0.4 is 4.74 Å². The zero-order chi connectivity index (χ0) is 12.9. The smallest absolute Gasteiger partial charge is 0.490 e. The van der Waals surface area contributed by atoms with Crippen molar-refractivity contribution in [1.82, 2.24) is 0 Å². The predicted octanol–water partition coefficient (Wildman–Crippen LogP) is 3.13. The van der Waals surface area contributed by atoms with Gasteiger partial charge in [-0.1, -0.05) is 17.7 Å². The van der Waals surface area contributed by atoms with Gasteiger partial charge in [0.2, 0.25) is 0 Å². The third-order valence-electron chi connectivity index (χ3n) is 1.69. The zero-order valence-corrected chi connectivity index (χ0v) is 9.18. The molecule has 0 aliphatic heterocycles. The van der Waals surface area contributed by atoms with Crippen LogP contribution in [0.25, 0.3) is 0 Å². The van der Waals surface area contributed by atoms with Crippen molar-refractivity contribution in [3.63, 3.8) is 0 Å². The first kappa shape index (κ1) is 13.6. The van der Waals surface area contributed by atoms with Crippen molar-refractivity contribution in [2.75, 3.05) is 13.2 Å². The first-order chi connectivity index (χ1) is 7.94. The lowest BCUT2D eigenvalue weighted by Gasteiger charge is -2.10. The van der Waals surface area contributed by atoms with E-state index >= 15 is 0 Å². The summed E-state index contributed by atoms with van der Waals surface area (Å²) >= 11 is 5.70. The van der Waals surface area contributed by atoms with Crippen molar-refractivity contribution in [3.05, 3.63) is 28.8 Å². The minimum atomic E-state index is -4.68. The standard InChI is InChI=1S/C10H7ClF3NO2/c11-8-2-1-3-9(7(8)6-15)16-4-5-17-10(12,13)14/h1-3H,4-5H2. The second-order valence-electron chi connectivity index (χ2n) is 2.87. The Bertz CT molecular complexity index is 429. The highest BCUT2D eigenvalue weighted by Gasteiger charge is 2.28. The fourth-order valence-corrected chi connectivity index (χ4v) is 1.25. The second-order valence-corrected chi connectivity index (χ2v) is 3.27. The molecule has 0 aromatic heterocycles. The summed E-state index contributed by atoms with van der Waals surface area (Å²) in [5.41, 5.74) is 0.0844. The largest absolute Gasteiger partial charge is 0.522 e. The molecule has 0 aliphatic rings. The molecule has 0 radical (unpaired) electrons.